The summed E-state index contributed by atoms with van der Waals surface area (Å²) in [5.74, 6) is 0.390. The van der Waals surface area contributed by atoms with E-state index >= 15 is 0 Å². The molecule has 154 valence electrons. The van der Waals surface area contributed by atoms with Crippen LogP contribution in [0.1, 0.15) is 30.5 Å². The van der Waals surface area contributed by atoms with Crippen molar-refractivity contribution in [1.82, 2.24) is 19.6 Å². The average molecular weight is 397 g/mol. The lowest BCUT2D eigenvalue weighted by atomic mass is 10.0. The number of rotatable bonds is 4. The Balaban J connectivity index is 1.69. The number of imide groups is 1. The van der Waals surface area contributed by atoms with Gasteiger partial charge in [0, 0.05) is 25.0 Å². The molecule has 3 aliphatic rings. The zero-order chi connectivity index (χ0) is 21.0. The number of nitrogens with zero attached hydrogens (tertiary/aromatic N) is 5. The summed E-state index contributed by atoms with van der Waals surface area (Å²) in [4.78, 5) is 37.9. The number of carbonyl (C=O) groups is 2. The van der Waals surface area contributed by atoms with E-state index in [1.54, 1.807) is 11.9 Å². The third kappa shape index (κ3) is 2.81. The van der Waals surface area contributed by atoms with Crippen LogP contribution in [0.3, 0.4) is 0 Å². The summed E-state index contributed by atoms with van der Waals surface area (Å²) in [6, 6.07) is 5.13. The Bertz CT molecular complexity index is 954. The number of benzene rings is 1. The molecule has 0 aliphatic carbocycles. The molecule has 29 heavy (non-hydrogen) atoms. The monoisotopic (exact) mass is 397 g/mol. The van der Waals surface area contributed by atoms with Crippen LogP contribution in [-0.2, 0) is 11.3 Å². The number of likely N-dealkylation sites (N-methyl/N-ethyl adjacent to an activating group) is 1. The van der Waals surface area contributed by atoms with E-state index in [4.69, 9.17) is 4.99 Å². The molecule has 0 bridgehead atoms. The number of hydrogen-bond acceptors (Lipinski definition) is 6. The predicted molar refractivity (Wildman–Crippen MR) is 109 cm³/mol. The van der Waals surface area contributed by atoms with Crippen molar-refractivity contribution < 1.29 is 14.7 Å². The number of urea groups is 1. The first kappa shape index (κ1) is 19.4. The van der Waals surface area contributed by atoms with Crippen LogP contribution in [0.4, 0.5) is 4.79 Å². The van der Waals surface area contributed by atoms with E-state index in [9.17, 15) is 14.7 Å². The standard InChI is InChI=1S/C21H27N5O3/c1-12-6-7-13(2)16(10-12)11-25-19(28)17-18(23(5)21(25)29)22-20-24(8-9-27)14(3)15(4)26(17)20/h6-7,10,17-18,27H,8-9,11H2,1-5H3. The topological polar surface area (TPSA) is 79.7 Å². The third-order valence-corrected chi connectivity index (χ3v) is 6.16. The van der Waals surface area contributed by atoms with Crippen molar-refractivity contribution >= 4 is 17.9 Å². The van der Waals surface area contributed by atoms with Gasteiger partial charge < -0.3 is 14.9 Å². The number of aliphatic hydroxyl groups excluding tert-OH is 1. The number of guanidine groups is 1. The zero-order valence-corrected chi connectivity index (χ0v) is 17.5. The quantitative estimate of drug-likeness (QED) is 0.835. The van der Waals surface area contributed by atoms with Gasteiger partial charge in [-0.15, -0.1) is 0 Å². The van der Waals surface area contributed by atoms with E-state index in [0.717, 1.165) is 28.1 Å². The maximum Gasteiger partial charge on any atom is 0.328 e. The van der Waals surface area contributed by atoms with Gasteiger partial charge in [0.25, 0.3) is 5.91 Å². The largest absolute Gasteiger partial charge is 0.395 e. The summed E-state index contributed by atoms with van der Waals surface area (Å²) < 4.78 is 0. The lowest BCUT2D eigenvalue weighted by Gasteiger charge is -2.41. The molecule has 2 unspecified atom stereocenters. The molecule has 2 atom stereocenters. The highest BCUT2D eigenvalue weighted by Gasteiger charge is 2.55. The molecule has 8 heteroatoms. The highest BCUT2D eigenvalue weighted by atomic mass is 16.3. The number of carbonyl (C=O) groups excluding carboxylic acids is 2. The molecule has 1 N–H and O–H groups in total. The van der Waals surface area contributed by atoms with Gasteiger partial charge in [0.2, 0.25) is 5.96 Å². The summed E-state index contributed by atoms with van der Waals surface area (Å²) in [5.41, 5.74) is 4.99. The van der Waals surface area contributed by atoms with Crippen LogP contribution >= 0.6 is 0 Å². The molecule has 0 spiro atoms. The van der Waals surface area contributed by atoms with E-state index in [1.807, 2.05) is 55.7 Å². The summed E-state index contributed by atoms with van der Waals surface area (Å²) >= 11 is 0. The fourth-order valence-corrected chi connectivity index (χ4v) is 4.33. The Labute approximate surface area is 170 Å². The van der Waals surface area contributed by atoms with Gasteiger partial charge in [-0.05, 0) is 38.8 Å². The van der Waals surface area contributed by atoms with Crippen molar-refractivity contribution in [1.29, 1.82) is 0 Å². The Morgan fingerprint density at radius 3 is 2.48 bits per heavy atom. The SMILES string of the molecule is CC1=C(C)N2C(=NC3C2C(=O)N(Cc2cc(C)ccc2C)C(=O)N3C)N1CCO. The molecule has 0 aromatic heterocycles. The van der Waals surface area contributed by atoms with Gasteiger partial charge >= 0.3 is 6.03 Å². The lowest BCUT2D eigenvalue weighted by molar-refractivity contribution is -0.137. The van der Waals surface area contributed by atoms with E-state index in [0.29, 0.717) is 12.5 Å². The first-order chi connectivity index (χ1) is 13.8. The van der Waals surface area contributed by atoms with Crippen molar-refractivity contribution in [3.63, 3.8) is 0 Å². The zero-order valence-electron chi connectivity index (χ0n) is 17.5. The van der Waals surface area contributed by atoms with Gasteiger partial charge in [-0.2, -0.15) is 0 Å². The van der Waals surface area contributed by atoms with E-state index < -0.39 is 12.2 Å². The van der Waals surface area contributed by atoms with Gasteiger partial charge in [0.05, 0.1) is 13.2 Å². The van der Waals surface area contributed by atoms with E-state index in [1.165, 1.54) is 4.90 Å². The van der Waals surface area contributed by atoms with Gasteiger partial charge in [-0.25, -0.2) is 9.79 Å². The van der Waals surface area contributed by atoms with Crippen molar-refractivity contribution in [2.45, 2.75) is 46.4 Å². The van der Waals surface area contributed by atoms with Gasteiger partial charge in [-0.3, -0.25) is 14.6 Å². The number of hydrogen-bond donors (Lipinski definition) is 1. The molecule has 1 fully saturated rings. The highest BCUT2D eigenvalue weighted by molar-refractivity contribution is 6.05. The average Bonchev–Trinajstić information content (AvgIpc) is 3.18. The van der Waals surface area contributed by atoms with Crippen LogP contribution in [0.15, 0.2) is 34.6 Å². The summed E-state index contributed by atoms with van der Waals surface area (Å²) in [7, 11) is 1.69. The van der Waals surface area contributed by atoms with Crippen LogP contribution in [0.25, 0.3) is 0 Å². The fourth-order valence-electron chi connectivity index (χ4n) is 4.33. The maximum atomic E-state index is 13.5. The summed E-state index contributed by atoms with van der Waals surface area (Å²) in [6.45, 7) is 8.51. The number of aliphatic imine (C=N–C) groups is 1. The number of β-amino-alcohol motifs (C(OH)–C–C–N with tert-alkyl or cyclic N) is 1. The fraction of sp³-hybridized carbons (Fsp3) is 0.476. The molecular formula is C21H27N5O3. The second-order valence-corrected chi connectivity index (χ2v) is 7.95. The van der Waals surface area contributed by atoms with Crippen molar-refractivity contribution in [2.75, 3.05) is 20.2 Å². The van der Waals surface area contributed by atoms with Crippen LogP contribution in [0.2, 0.25) is 0 Å². The number of aryl methyl sites for hydroxylation is 2. The maximum absolute atomic E-state index is 13.5. The summed E-state index contributed by atoms with van der Waals surface area (Å²) in [6.07, 6.45) is -0.566. The predicted octanol–water partition coefficient (Wildman–Crippen LogP) is 1.62. The van der Waals surface area contributed by atoms with Gasteiger partial charge in [0.15, 0.2) is 12.2 Å². The molecule has 3 aliphatic heterocycles. The third-order valence-electron chi connectivity index (χ3n) is 6.16. The molecule has 1 aromatic rings. The first-order valence-electron chi connectivity index (χ1n) is 9.83. The number of amides is 3. The minimum Gasteiger partial charge on any atom is -0.395 e. The van der Waals surface area contributed by atoms with E-state index in [-0.39, 0.29) is 25.1 Å². The molecule has 4 rings (SSSR count). The second-order valence-electron chi connectivity index (χ2n) is 7.95. The van der Waals surface area contributed by atoms with Crippen molar-refractivity contribution in [3.8, 4) is 0 Å². The van der Waals surface area contributed by atoms with Crippen LogP contribution in [-0.4, -0.2) is 75.0 Å². The van der Waals surface area contributed by atoms with Crippen molar-refractivity contribution in [2.24, 2.45) is 4.99 Å². The Kier molecular flexibility index (Phi) is 4.61. The molecular weight excluding hydrogens is 370 g/mol. The molecule has 8 nitrogen and oxygen atoms in total. The lowest BCUT2D eigenvalue weighted by Crippen LogP contribution is -2.64. The number of aliphatic hydroxyl groups is 1. The Morgan fingerprint density at radius 1 is 1.07 bits per heavy atom. The minimum absolute atomic E-state index is 0.0196. The van der Waals surface area contributed by atoms with Crippen LogP contribution in [0.5, 0.6) is 0 Å². The molecule has 1 aromatic carbocycles. The van der Waals surface area contributed by atoms with Crippen molar-refractivity contribution in [3.05, 3.63) is 46.3 Å². The Morgan fingerprint density at radius 2 is 1.79 bits per heavy atom. The number of allylic oxidation sites excluding steroid dienone is 2. The van der Waals surface area contributed by atoms with Crippen LogP contribution < -0.4 is 0 Å². The normalized spacial score (nSPS) is 23.9. The second kappa shape index (κ2) is 6.88. The van der Waals surface area contributed by atoms with Crippen LogP contribution in [0, 0.1) is 13.8 Å². The van der Waals surface area contributed by atoms with E-state index in [2.05, 4.69) is 0 Å². The number of fused-ring (bicyclic) bond motifs is 3. The minimum atomic E-state index is -0.587. The van der Waals surface area contributed by atoms with Gasteiger partial charge in [-0.1, -0.05) is 23.8 Å². The molecule has 0 saturated carbocycles. The smallest absolute Gasteiger partial charge is 0.328 e. The molecule has 0 radical (unpaired) electrons. The summed E-state index contributed by atoms with van der Waals surface area (Å²) in [5, 5.41) is 9.43. The molecule has 3 amide bonds. The highest BCUT2D eigenvalue weighted by Crippen LogP contribution is 2.37. The molecule has 3 heterocycles. The first-order valence-corrected chi connectivity index (χ1v) is 9.83. The van der Waals surface area contributed by atoms with Gasteiger partial charge in [0.1, 0.15) is 0 Å². The Hall–Kier alpha value is -2.87. The molecule has 1 saturated heterocycles.